The van der Waals surface area contributed by atoms with E-state index >= 15 is 0 Å². The number of carbonyl (C=O) groups excluding carboxylic acids is 1. The van der Waals surface area contributed by atoms with E-state index in [0.717, 1.165) is 0 Å². The standard InChI is InChI=1S/C18H25N3O3.C2HF3O2/c19-6-12-1-11-2-13(11)21(12)15(22)14(20)16-3-10-4-17(23,7-16)9-18(24,5-10)8-16;3-2(4,5)1(6)7/h10-14,23-24H,1-5,7-9,20H2;(H,6,7)/t10?,11-,12+,13+,14-,16?,17?,18?;/m1./s1/i2D2,15+1;. The van der Waals surface area contributed by atoms with Crippen molar-refractivity contribution in [3.05, 3.63) is 0 Å². The van der Waals surface area contributed by atoms with E-state index in [1.807, 2.05) is 0 Å². The van der Waals surface area contributed by atoms with E-state index in [-0.39, 0.29) is 17.7 Å². The van der Waals surface area contributed by atoms with Gasteiger partial charge in [-0.2, -0.15) is 18.4 Å². The van der Waals surface area contributed by atoms with Crippen LogP contribution in [0.15, 0.2) is 0 Å². The normalized spacial score (nSPS) is 47.8. The Hall–Kier alpha value is -1.90. The zero-order valence-electron chi connectivity index (χ0n) is 18.6. The number of carboxylic acid groups (broad SMARTS) is 1. The molecule has 172 valence electrons. The van der Waals surface area contributed by atoms with E-state index in [2.05, 4.69) is 6.07 Å². The van der Waals surface area contributed by atoms with Gasteiger partial charge in [0.25, 0.3) is 0 Å². The number of halogens is 3. The molecule has 2 unspecified atom stereocenters. The first kappa shape index (κ1) is 19.8. The molecule has 0 radical (unpaired) electrons. The van der Waals surface area contributed by atoms with Crippen molar-refractivity contribution in [1.29, 1.82) is 5.26 Å². The van der Waals surface area contributed by atoms with E-state index in [1.54, 1.807) is 0 Å². The summed E-state index contributed by atoms with van der Waals surface area (Å²) in [4.78, 5) is 23.6. The van der Waals surface area contributed by atoms with Crippen molar-refractivity contribution in [2.45, 2.75) is 86.8 Å². The third kappa shape index (κ3) is 3.79. The highest BCUT2D eigenvalue weighted by atomic mass is 19.4. The van der Waals surface area contributed by atoms with Crippen molar-refractivity contribution in [2.24, 2.45) is 23.0 Å². The summed E-state index contributed by atoms with van der Waals surface area (Å²) >= 11 is 0. The summed E-state index contributed by atoms with van der Waals surface area (Å²) in [6.07, 6.45) is -3.02. The molecule has 6 fully saturated rings. The number of nitrogens with zero attached hydrogens (tertiary/aromatic N) is 2. The van der Waals surface area contributed by atoms with Crippen LogP contribution >= 0.6 is 0 Å². The van der Waals surface area contributed by atoms with Gasteiger partial charge in [-0.25, -0.2) is 4.79 Å². The number of nitrogens with two attached hydrogens (primary N) is 1. The first-order chi connectivity index (χ1) is 15.0. The molecule has 4 bridgehead atoms. The molecule has 6 aliphatic rings. The number of hydrogen-bond acceptors (Lipinski definition) is 6. The maximum Gasteiger partial charge on any atom is 0.490 e. The molecular weight excluding hydrogens is 420 g/mol. The van der Waals surface area contributed by atoms with Crippen LogP contribution in [0, 0.1) is 28.6 Å². The molecule has 31 heavy (non-hydrogen) atoms. The summed E-state index contributed by atoms with van der Waals surface area (Å²) in [6, 6.07) is 0.00381. The quantitative estimate of drug-likeness (QED) is 0.459. The molecule has 0 spiro atoms. The summed E-state index contributed by atoms with van der Waals surface area (Å²) in [5.41, 5.74) is 3.85. The Morgan fingerprint density at radius 3 is 2.19 bits per heavy atom. The summed E-state index contributed by atoms with van der Waals surface area (Å²) in [7, 11) is 0. The zero-order chi connectivity index (χ0) is 24.8. The van der Waals surface area contributed by atoms with Gasteiger partial charge in [-0.3, -0.25) is 4.79 Å². The molecule has 5 saturated carbocycles. The summed E-state index contributed by atoms with van der Waals surface area (Å²) in [6.45, 7) is 0. The molecule has 0 aromatic heterocycles. The first-order valence-electron chi connectivity index (χ1n) is 11.2. The molecule has 0 aromatic rings. The molecular formula is C20H26F3N3O5. The Labute approximate surface area is 179 Å². The number of aliphatic carboxylic acids is 1. The van der Waals surface area contributed by atoms with Crippen LogP contribution < -0.4 is 5.73 Å². The third-order valence-electron chi connectivity index (χ3n) is 7.39. The highest BCUT2D eigenvalue weighted by Crippen LogP contribution is 2.64. The minimum atomic E-state index is -5.08. The van der Waals surface area contributed by atoms with Gasteiger partial charge in [0, 0.05) is 20.6 Å². The highest BCUT2D eigenvalue weighted by molar-refractivity contribution is 5.84. The number of fused-ring (bicyclic) bond motifs is 1. The van der Waals surface area contributed by atoms with Crippen LogP contribution in [0.4, 0.5) is 13.2 Å². The van der Waals surface area contributed by atoms with Crippen LogP contribution in [-0.2, 0) is 9.59 Å². The van der Waals surface area contributed by atoms with Crippen molar-refractivity contribution < 1.29 is 40.8 Å². The van der Waals surface area contributed by atoms with Crippen molar-refractivity contribution in [1.82, 2.24) is 4.90 Å². The SMILES string of the molecule is O=C(O)C(F)(F)F.[2H]C1([2H])[C@H]2C[C@@H](C#N)N([13C](=O)[C@@H](N)C34CC5CC(O)(CC(O)(C5)C3)C4)[C@H]21. The fourth-order valence-corrected chi connectivity index (χ4v) is 6.77. The lowest BCUT2D eigenvalue weighted by atomic mass is 9.45. The molecule has 1 saturated heterocycles. The second-order valence-corrected chi connectivity index (χ2v) is 9.94. The van der Waals surface area contributed by atoms with Gasteiger partial charge < -0.3 is 26.0 Å². The van der Waals surface area contributed by atoms with Crippen LogP contribution in [0.1, 0.15) is 54.1 Å². The second kappa shape index (κ2) is 6.80. The Bertz CT molecular complexity index is 908. The molecule has 11 heteroatoms. The molecule has 1 heterocycles. The van der Waals surface area contributed by atoms with Gasteiger partial charge in [-0.05, 0) is 56.7 Å². The largest absolute Gasteiger partial charge is 0.490 e. The van der Waals surface area contributed by atoms with E-state index < -0.39 is 53.3 Å². The second-order valence-electron chi connectivity index (χ2n) is 9.94. The highest BCUT2D eigenvalue weighted by Gasteiger charge is 2.66. The number of aliphatic hydroxyl groups is 2. The average molecular weight is 448 g/mol. The van der Waals surface area contributed by atoms with Crippen LogP contribution in [0.3, 0.4) is 0 Å². The summed E-state index contributed by atoms with van der Waals surface area (Å²) in [5, 5.41) is 38.4. The number of alkyl halides is 3. The predicted molar refractivity (Wildman–Crippen MR) is 97.9 cm³/mol. The Balaban J connectivity index is 0.000000325. The van der Waals surface area contributed by atoms with Crippen molar-refractivity contribution >= 4 is 11.9 Å². The van der Waals surface area contributed by atoms with Gasteiger partial charge in [0.1, 0.15) is 6.04 Å². The number of nitriles is 1. The van der Waals surface area contributed by atoms with Gasteiger partial charge in [0.15, 0.2) is 0 Å². The maximum absolute atomic E-state index is 13.3. The van der Waals surface area contributed by atoms with Crippen molar-refractivity contribution in [3.8, 4) is 6.07 Å². The molecule has 5 N–H and O–H groups in total. The topological polar surface area (TPSA) is 148 Å². The van der Waals surface area contributed by atoms with Gasteiger partial charge in [-0.1, -0.05) is 0 Å². The van der Waals surface area contributed by atoms with E-state index in [1.165, 1.54) is 4.90 Å². The number of likely N-dealkylation sites (tertiary alicyclic amines) is 1. The molecule has 6 atom stereocenters. The van der Waals surface area contributed by atoms with E-state index in [0.29, 0.717) is 44.9 Å². The third-order valence-corrected chi connectivity index (χ3v) is 7.39. The first-order valence-corrected chi connectivity index (χ1v) is 10.2. The predicted octanol–water partition coefficient (Wildman–Crippen LogP) is 0.906. The summed E-state index contributed by atoms with van der Waals surface area (Å²) < 4.78 is 47.8. The molecule has 1 amide bonds. The van der Waals surface area contributed by atoms with Crippen LogP contribution in [0.2, 0.25) is 0 Å². The smallest absolute Gasteiger partial charge is 0.475 e. The minimum absolute atomic E-state index is 0.158. The van der Waals surface area contributed by atoms with E-state index in [9.17, 15) is 33.4 Å². The number of carboxylic acids is 1. The maximum atomic E-state index is 13.3. The monoisotopic (exact) mass is 448 g/mol. The molecule has 5 aliphatic carbocycles. The Morgan fingerprint density at radius 1 is 1.19 bits per heavy atom. The Morgan fingerprint density at radius 2 is 1.74 bits per heavy atom. The number of piperidine rings is 1. The van der Waals surface area contributed by atoms with Gasteiger partial charge >= 0.3 is 12.1 Å². The average Bonchev–Trinajstić information content (AvgIpc) is 2.98. The van der Waals surface area contributed by atoms with Crippen LogP contribution in [-0.4, -0.2) is 67.6 Å². The number of amides is 1. The lowest BCUT2D eigenvalue weighted by Gasteiger charge is -2.64. The van der Waals surface area contributed by atoms with Gasteiger partial charge in [-0.15, -0.1) is 0 Å². The lowest BCUT2D eigenvalue weighted by molar-refractivity contribution is -0.234. The van der Waals surface area contributed by atoms with Crippen molar-refractivity contribution in [2.75, 3.05) is 0 Å². The van der Waals surface area contributed by atoms with Crippen LogP contribution in [0.25, 0.3) is 0 Å². The zero-order valence-corrected chi connectivity index (χ0v) is 16.6. The van der Waals surface area contributed by atoms with Crippen LogP contribution in [0.5, 0.6) is 0 Å². The number of rotatable bonds is 2. The van der Waals surface area contributed by atoms with E-state index in [4.69, 9.17) is 18.4 Å². The number of carbonyl (C=O) groups is 2. The minimum Gasteiger partial charge on any atom is -0.475 e. The fourth-order valence-electron chi connectivity index (χ4n) is 6.77. The van der Waals surface area contributed by atoms with Gasteiger partial charge in [0.2, 0.25) is 5.91 Å². The molecule has 6 rings (SSSR count). The fraction of sp³-hybridized carbons (Fsp3) is 0.850. The lowest BCUT2D eigenvalue weighted by Crippen LogP contribution is -2.69. The van der Waals surface area contributed by atoms with Gasteiger partial charge in [0.05, 0.1) is 23.3 Å². The Kier molecular flexibility index (Phi) is 4.33. The van der Waals surface area contributed by atoms with Crippen molar-refractivity contribution in [3.63, 3.8) is 0 Å². The molecule has 1 aliphatic heterocycles. The summed E-state index contributed by atoms with van der Waals surface area (Å²) in [5.74, 6) is -3.27. The molecule has 0 aromatic carbocycles. The molecule has 8 nitrogen and oxygen atoms in total. The number of hydrogen-bond donors (Lipinski definition) is 4.